The number of aryl methyl sites for hydroxylation is 2. The molecule has 0 aliphatic heterocycles. The lowest BCUT2D eigenvalue weighted by Crippen LogP contribution is -2.41. The Balaban J connectivity index is 0.00000450. The topological polar surface area (TPSA) is 61.4 Å². The van der Waals surface area contributed by atoms with Crippen molar-refractivity contribution in [2.75, 3.05) is 27.7 Å². The Bertz CT molecular complexity index is 893. The zero-order valence-corrected chi connectivity index (χ0v) is 20.1. The SMILES string of the molecule is CNC(=O)c1cc(C)c(CC(CNC(=O)c2ccc(Cl)c(Cl)c2)N(C)C)c(C)c1.Cl. The van der Waals surface area contributed by atoms with Gasteiger partial charge in [0.15, 0.2) is 0 Å². The Hall–Kier alpha value is -1.79. The molecule has 2 rings (SSSR count). The van der Waals surface area contributed by atoms with Crippen molar-refractivity contribution in [1.29, 1.82) is 0 Å². The van der Waals surface area contributed by atoms with Crippen LogP contribution in [0.4, 0.5) is 0 Å². The van der Waals surface area contributed by atoms with Crippen molar-refractivity contribution in [3.05, 3.63) is 68.2 Å². The summed E-state index contributed by atoms with van der Waals surface area (Å²) in [7, 11) is 5.60. The van der Waals surface area contributed by atoms with Gasteiger partial charge in [0.2, 0.25) is 0 Å². The summed E-state index contributed by atoms with van der Waals surface area (Å²) in [5.41, 5.74) is 4.43. The van der Waals surface area contributed by atoms with Crippen LogP contribution in [0.2, 0.25) is 10.0 Å². The average Bonchev–Trinajstić information content (AvgIpc) is 2.67. The lowest BCUT2D eigenvalue weighted by atomic mass is 9.93. The predicted octanol–water partition coefficient (Wildman–Crippen LogP) is 4.29. The molecule has 8 heteroatoms. The molecule has 0 saturated heterocycles. The highest BCUT2D eigenvalue weighted by Crippen LogP contribution is 2.23. The predicted molar refractivity (Wildman–Crippen MR) is 127 cm³/mol. The second-order valence-corrected chi connectivity index (χ2v) is 8.14. The highest BCUT2D eigenvalue weighted by atomic mass is 35.5. The number of hydrogen-bond acceptors (Lipinski definition) is 3. The van der Waals surface area contributed by atoms with E-state index >= 15 is 0 Å². The van der Waals surface area contributed by atoms with E-state index in [1.165, 1.54) is 5.56 Å². The van der Waals surface area contributed by atoms with Crippen LogP contribution in [0, 0.1) is 13.8 Å². The lowest BCUT2D eigenvalue weighted by molar-refractivity contribution is 0.0938. The van der Waals surface area contributed by atoms with Crippen LogP contribution >= 0.6 is 35.6 Å². The quantitative estimate of drug-likeness (QED) is 0.632. The molecule has 0 heterocycles. The third kappa shape index (κ3) is 6.61. The van der Waals surface area contributed by atoms with E-state index in [0.29, 0.717) is 27.7 Å². The second kappa shape index (κ2) is 11.6. The van der Waals surface area contributed by atoms with Gasteiger partial charge in [-0.05, 0) is 81.4 Å². The Morgan fingerprint density at radius 3 is 2.07 bits per heavy atom. The van der Waals surface area contributed by atoms with Gasteiger partial charge in [-0.2, -0.15) is 0 Å². The third-order valence-electron chi connectivity index (χ3n) is 5.04. The molecule has 5 nitrogen and oxygen atoms in total. The summed E-state index contributed by atoms with van der Waals surface area (Å²) in [6.07, 6.45) is 0.750. The first-order chi connectivity index (χ1) is 13.6. The molecule has 0 radical (unpaired) electrons. The second-order valence-electron chi connectivity index (χ2n) is 7.33. The molecule has 0 fully saturated rings. The molecule has 2 amide bonds. The Kier molecular flexibility index (Phi) is 10.1. The first-order valence-electron chi connectivity index (χ1n) is 9.36. The van der Waals surface area contributed by atoms with Crippen molar-refractivity contribution in [3.8, 4) is 0 Å². The molecular formula is C22H28Cl3N3O2. The zero-order chi connectivity index (χ0) is 21.7. The molecule has 0 aromatic heterocycles. The van der Waals surface area contributed by atoms with Crippen molar-refractivity contribution in [2.24, 2.45) is 0 Å². The monoisotopic (exact) mass is 471 g/mol. The number of nitrogens with zero attached hydrogens (tertiary/aromatic N) is 1. The number of rotatable bonds is 7. The van der Waals surface area contributed by atoms with E-state index in [0.717, 1.165) is 17.5 Å². The Morgan fingerprint density at radius 1 is 0.967 bits per heavy atom. The van der Waals surface area contributed by atoms with Gasteiger partial charge >= 0.3 is 0 Å². The first-order valence-corrected chi connectivity index (χ1v) is 10.1. The van der Waals surface area contributed by atoms with Gasteiger partial charge in [0.25, 0.3) is 11.8 Å². The maximum atomic E-state index is 12.5. The molecule has 1 atom stereocenters. The van der Waals surface area contributed by atoms with E-state index in [1.807, 2.05) is 40.1 Å². The summed E-state index contributed by atoms with van der Waals surface area (Å²) in [6, 6.07) is 8.73. The summed E-state index contributed by atoms with van der Waals surface area (Å²) in [5, 5.41) is 6.41. The van der Waals surface area contributed by atoms with Gasteiger partial charge in [-0.3, -0.25) is 9.59 Å². The maximum absolute atomic E-state index is 12.5. The van der Waals surface area contributed by atoms with Crippen molar-refractivity contribution >= 4 is 47.4 Å². The number of halogens is 3. The fraction of sp³-hybridized carbons (Fsp3) is 0.364. The van der Waals surface area contributed by atoms with Crippen molar-refractivity contribution in [1.82, 2.24) is 15.5 Å². The van der Waals surface area contributed by atoms with E-state index in [2.05, 4.69) is 15.5 Å². The van der Waals surface area contributed by atoms with E-state index < -0.39 is 0 Å². The first kappa shape index (κ1) is 26.2. The Morgan fingerprint density at radius 2 is 1.57 bits per heavy atom. The summed E-state index contributed by atoms with van der Waals surface area (Å²) in [6.45, 7) is 4.49. The van der Waals surface area contributed by atoms with Gasteiger partial charge in [-0.25, -0.2) is 0 Å². The van der Waals surface area contributed by atoms with Crippen LogP contribution in [-0.4, -0.2) is 50.4 Å². The summed E-state index contributed by atoms with van der Waals surface area (Å²) in [4.78, 5) is 26.5. The lowest BCUT2D eigenvalue weighted by Gasteiger charge is -2.26. The number of carbonyl (C=O) groups excluding carboxylic acids is 2. The molecule has 0 bridgehead atoms. The van der Waals surface area contributed by atoms with E-state index in [1.54, 1.807) is 25.2 Å². The number of benzene rings is 2. The molecule has 1 unspecified atom stereocenters. The highest BCUT2D eigenvalue weighted by molar-refractivity contribution is 6.42. The van der Waals surface area contributed by atoms with Crippen LogP contribution in [0.1, 0.15) is 37.4 Å². The minimum atomic E-state index is -0.196. The van der Waals surface area contributed by atoms with Gasteiger partial charge in [0.1, 0.15) is 0 Å². The fourth-order valence-electron chi connectivity index (χ4n) is 3.21. The van der Waals surface area contributed by atoms with Crippen LogP contribution in [0.3, 0.4) is 0 Å². The fourth-order valence-corrected chi connectivity index (χ4v) is 3.51. The number of carbonyl (C=O) groups is 2. The standard InChI is InChI=1S/C22H27Cl2N3O2.ClH/c1-13-8-16(21(28)25-3)9-14(2)18(13)11-17(27(4)5)12-26-22(29)15-6-7-19(23)20(24)10-15;/h6-10,17H,11-12H2,1-5H3,(H,25,28)(H,26,29);1H. The Labute approximate surface area is 194 Å². The van der Waals surface area contributed by atoms with Gasteiger partial charge in [0.05, 0.1) is 10.0 Å². The maximum Gasteiger partial charge on any atom is 0.251 e. The molecule has 2 aromatic rings. The molecule has 30 heavy (non-hydrogen) atoms. The van der Waals surface area contributed by atoms with Crippen LogP contribution in [0.15, 0.2) is 30.3 Å². The molecule has 0 spiro atoms. The molecule has 0 saturated carbocycles. The average molecular weight is 473 g/mol. The van der Waals surface area contributed by atoms with E-state index in [9.17, 15) is 9.59 Å². The zero-order valence-electron chi connectivity index (χ0n) is 17.8. The van der Waals surface area contributed by atoms with Crippen LogP contribution < -0.4 is 10.6 Å². The summed E-state index contributed by atoms with van der Waals surface area (Å²) in [5.74, 6) is -0.292. The number of nitrogens with one attached hydrogen (secondary N) is 2. The molecule has 0 aliphatic carbocycles. The van der Waals surface area contributed by atoms with Gasteiger partial charge in [-0.15, -0.1) is 12.4 Å². The van der Waals surface area contributed by atoms with Crippen molar-refractivity contribution in [3.63, 3.8) is 0 Å². The largest absolute Gasteiger partial charge is 0.355 e. The number of amides is 2. The molecule has 0 aliphatic rings. The minimum absolute atomic E-state index is 0. The minimum Gasteiger partial charge on any atom is -0.355 e. The highest BCUT2D eigenvalue weighted by Gasteiger charge is 2.18. The van der Waals surface area contributed by atoms with Crippen molar-refractivity contribution in [2.45, 2.75) is 26.3 Å². The van der Waals surface area contributed by atoms with E-state index in [-0.39, 0.29) is 30.3 Å². The normalized spacial score (nSPS) is 11.6. The summed E-state index contributed by atoms with van der Waals surface area (Å²) >= 11 is 11.9. The van der Waals surface area contributed by atoms with Gasteiger partial charge < -0.3 is 15.5 Å². The number of likely N-dealkylation sites (N-methyl/N-ethyl adjacent to an activating group) is 1. The summed E-state index contributed by atoms with van der Waals surface area (Å²) < 4.78 is 0. The smallest absolute Gasteiger partial charge is 0.251 e. The van der Waals surface area contributed by atoms with E-state index in [4.69, 9.17) is 23.2 Å². The van der Waals surface area contributed by atoms with Crippen LogP contribution in [0.25, 0.3) is 0 Å². The van der Waals surface area contributed by atoms with Gasteiger partial charge in [-0.1, -0.05) is 23.2 Å². The molecule has 2 aromatic carbocycles. The molecule has 164 valence electrons. The van der Waals surface area contributed by atoms with Crippen molar-refractivity contribution < 1.29 is 9.59 Å². The molecular weight excluding hydrogens is 445 g/mol. The van der Waals surface area contributed by atoms with Crippen LogP contribution in [-0.2, 0) is 6.42 Å². The number of hydrogen-bond donors (Lipinski definition) is 2. The van der Waals surface area contributed by atoms with Crippen LogP contribution in [0.5, 0.6) is 0 Å². The molecule has 2 N–H and O–H groups in total. The van der Waals surface area contributed by atoms with Gasteiger partial charge in [0, 0.05) is 30.8 Å². The third-order valence-corrected chi connectivity index (χ3v) is 5.77.